The average molecular weight is 495 g/mol. The molecule has 0 aliphatic heterocycles. The number of nitrogens with one attached hydrogen (secondary N) is 1. The van der Waals surface area contributed by atoms with E-state index in [1.165, 1.54) is 9.70 Å². The fourth-order valence-corrected chi connectivity index (χ4v) is 3.72. The summed E-state index contributed by atoms with van der Waals surface area (Å²) in [7, 11) is 3.11. The normalized spacial score (nSPS) is 10.9. The minimum absolute atomic E-state index is 0.0991. The highest BCUT2D eigenvalue weighted by atomic mass is 16.5. The Balaban J connectivity index is 1.79. The van der Waals surface area contributed by atoms with Gasteiger partial charge >= 0.3 is 0 Å². The van der Waals surface area contributed by atoms with Crippen molar-refractivity contribution in [3.8, 4) is 22.9 Å². The first-order valence-electron chi connectivity index (χ1n) is 11.9. The molecule has 0 radical (unpaired) electrons. The Morgan fingerprint density at radius 1 is 1.06 bits per heavy atom. The lowest BCUT2D eigenvalue weighted by atomic mass is 10.1. The number of nitrogens with zero attached hydrogens (tertiary/aromatic N) is 5. The van der Waals surface area contributed by atoms with E-state index in [-0.39, 0.29) is 24.9 Å². The number of carbonyl (C=O) groups is 2. The third-order valence-corrected chi connectivity index (χ3v) is 5.66. The van der Waals surface area contributed by atoms with Crippen LogP contribution in [0.3, 0.4) is 0 Å². The van der Waals surface area contributed by atoms with Crippen molar-refractivity contribution in [3.63, 3.8) is 0 Å². The van der Waals surface area contributed by atoms with Gasteiger partial charge in [-0.2, -0.15) is 4.80 Å². The minimum atomic E-state index is -0.322. The lowest BCUT2D eigenvalue weighted by Crippen LogP contribution is -2.43. The summed E-state index contributed by atoms with van der Waals surface area (Å²) in [5, 5.41) is 15.4. The molecule has 1 aromatic heterocycles. The van der Waals surface area contributed by atoms with E-state index in [4.69, 9.17) is 9.47 Å². The number of carbonyl (C=O) groups excluding carboxylic acids is 2. The summed E-state index contributed by atoms with van der Waals surface area (Å²) < 4.78 is 10.6. The van der Waals surface area contributed by atoms with Gasteiger partial charge in [-0.3, -0.25) is 9.59 Å². The molecule has 10 nitrogen and oxygen atoms in total. The Kier molecular flexibility index (Phi) is 8.99. The molecule has 0 spiro atoms. The number of rotatable bonds is 11. The van der Waals surface area contributed by atoms with Crippen LogP contribution in [-0.4, -0.2) is 59.3 Å². The Hall–Kier alpha value is -3.95. The molecule has 0 unspecified atom stereocenters. The van der Waals surface area contributed by atoms with Gasteiger partial charge < -0.3 is 19.7 Å². The highest BCUT2D eigenvalue weighted by Gasteiger charge is 2.22. The summed E-state index contributed by atoms with van der Waals surface area (Å²) in [6, 6.07) is 11.0. The van der Waals surface area contributed by atoms with Crippen LogP contribution in [0.2, 0.25) is 0 Å². The number of hydrogen-bond donors (Lipinski definition) is 1. The highest BCUT2D eigenvalue weighted by molar-refractivity contribution is 5.99. The minimum Gasteiger partial charge on any atom is -0.493 e. The monoisotopic (exact) mass is 494 g/mol. The van der Waals surface area contributed by atoms with E-state index in [0.717, 1.165) is 17.5 Å². The van der Waals surface area contributed by atoms with Gasteiger partial charge in [0.05, 0.1) is 14.2 Å². The molecule has 3 rings (SSSR count). The first-order chi connectivity index (χ1) is 17.2. The quantitative estimate of drug-likeness (QED) is 0.436. The number of amides is 2. The van der Waals surface area contributed by atoms with Crippen LogP contribution in [0.15, 0.2) is 36.4 Å². The largest absolute Gasteiger partial charge is 0.493 e. The van der Waals surface area contributed by atoms with Crippen LogP contribution < -0.4 is 19.7 Å². The number of benzene rings is 2. The van der Waals surface area contributed by atoms with Crippen molar-refractivity contribution in [3.05, 3.63) is 47.5 Å². The zero-order chi connectivity index (χ0) is 26.2. The lowest BCUT2D eigenvalue weighted by Gasteiger charge is -2.24. The van der Waals surface area contributed by atoms with Crippen LogP contribution in [0.1, 0.15) is 31.4 Å². The molecule has 2 aromatic carbocycles. The zero-order valence-electron chi connectivity index (χ0n) is 21.7. The molecule has 1 heterocycles. The molecule has 36 heavy (non-hydrogen) atoms. The lowest BCUT2D eigenvalue weighted by molar-refractivity contribution is -0.124. The zero-order valence-corrected chi connectivity index (χ0v) is 21.7. The highest BCUT2D eigenvalue weighted by Crippen LogP contribution is 2.30. The topological polar surface area (TPSA) is 111 Å². The number of aryl methyl sites for hydroxylation is 2. The standard InChI is InChI=1S/C26H34N6O4/c1-17(2)11-12-27-24(33)15-31(21-9-7-18(3)13-19(21)4)25(34)16-32-29-26(28-30-32)20-8-10-22(35-5)23(14-20)36-6/h7-10,13-14,17H,11-12,15-16H2,1-6H3,(H,27,33). The van der Waals surface area contributed by atoms with Gasteiger partial charge in [-0.1, -0.05) is 31.5 Å². The molecular formula is C26H34N6O4. The van der Waals surface area contributed by atoms with Gasteiger partial charge in [0.1, 0.15) is 13.1 Å². The van der Waals surface area contributed by atoms with Gasteiger partial charge in [0.2, 0.25) is 11.7 Å². The summed E-state index contributed by atoms with van der Waals surface area (Å²) >= 11 is 0. The predicted octanol–water partition coefficient (Wildman–Crippen LogP) is 3.17. The van der Waals surface area contributed by atoms with E-state index in [0.29, 0.717) is 41.0 Å². The number of methoxy groups -OCH3 is 2. The Morgan fingerprint density at radius 2 is 1.81 bits per heavy atom. The number of hydrogen-bond acceptors (Lipinski definition) is 7. The molecule has 0 aliphatic rings. The van der Waals surface area contributed by atoms with E-state index in [9.17, 15) is 9.59 Å². The summed E-state index contributed by atoms with van der Waals surface area (Å²) in [4.78, 5) is 28.7. The number of anilines is 1. The first kappa shape index (κ1) is 26.7. The average Bonchev–Trinajstić information content (AvgIpc) is 3.30. The number of aromatic nitrogens is 4. The van der Waals surface area contributed by atoms with E-state index < -0.39 is 0 Å². The molecule has 0 atom stereocenters. The second-order valence-electron chi connectivity index (χ2n) is 9.02. The molecule has 0 bridgehead atoms. The van der Waals surface area contributed by atoms with Gasteiger partial charge in [0.15, 0.2) is 11.5 Å². The maximum absolute atomic E-state index is 13.4. The molecule has 192 valence electrons. The molecule has 0 saturated carbocycles. The Morgan fingerprint density at radius 3 is 2.47 bits per heavy atom. The van der Waals surface area contributed by atoms with E-state index in [1.807, 2.05) is 32.0 Å². The van der Waals surface area contributed by atoms with Crippen LogP contribution in [0.5, 0.6) is 11.5 Å². The van der Waals surface area contributed by atoms with Crippen LogP contribution in [0, 0.1) is 19.8 Å². The van der Waals surface area contributed by atoms with Crippen molar-refractivity contribution in [1.29, 1.82) is 0 Å². The SMILES string of the molecule is COc1ccc(-c2nnn(CC(=O)N(CC(=O)NCCC(C)C)c3ccc(C)cc3C)n2)cc1OC. The molecule has 1 N–H and O–H groups in total. The van der Waals surface area contributed by atoms with Crippen molar-refractivity contribution in [2.45, 2.75) is 40.7 Å². The van der Waals surface area contributed by atoms with Gasteiger partial charge in [-0.25, -0.2) is 0 Å². The van der Waals surface area contributed by atoms with Crippen LogP contribution in [0.25, 0.3) is 11.4 Å². The van der Waals surface area contributed by atoms with E-state index in [2.05, 4.69) is 34.6 Å². The predicted molar refractivity (Wildman–Crippen MR) is 137 cm³/mol. The van der Waals surface area contributed by atoms with Crippen molar-refractivity contribution >= 4 is 17.5 Å². The molecular weight excluding hydrogens is 460 g/mol. The van der Waals surface area contributed by atoms with Crippen molar-refractivity contribution in [2.75, 3.05) is 32.2 Å². The number of ether oxygens (including phenoxy) is 2. The van der Waals surface area contributed by atoms with Gasteiger partial charge in [-0.15, -0.1) is 10.2 Å². The molecule has 2 amide bonds. The van der Waals surface area contributed by atoms with Crippen LogP contribution in [0.4, 0.5) is 5.69 Å². The van der Waals surface area contributed by atoms with E-state index in [1.54, 1.807) is 32.4 Å². The Labute approximate surface area is 211 Å². The third kappa shape index (κ3) is 6.80. The van der Waals surface area contributed by atoms with Crippen LogP contribution >= 0.6 is 0 Å². The summed E-state index contributed by atoms with van der Waals surface area (Å²) in [6.07, 6.45) is 0.866. The van der Waals surface area contributed by atoms with Crippen molar-refractivity contribution in [2.24, 2.45) is 5.92 Å². The third-order valence-electron chi connectivity index (χ3n) is 5.66. The summed E-state index contributed by atoms with van der Waals surface area (Å²) in [6.45, 7) is 8.38. The molecule has 0 fully saturated rings. The fourth-order valence-electron chi connectivity index (χ4n) is 3.72. The van der Waals surface area contributed by atoms with Crippen molar-refractivity contribution < 1.29 is 19.1 Å². The Bertz CT molecular complexity index is 1210. The second-order valence-corrected chi connectivity index (χ2v) is 9.02. The summed E-state index contributed by atoms with van der Waals surface area (Å²) in [5.41, 5.74) is 3.31. The van der Waals surface area contributed by atoms with Gasteiger partial charge in [0, 0.05) is 17.8 Å². The molecule has 0 saturated heterocycles. The van der Waals surface area contributed by atoms with E-state index >= 15 is 0 Å². The first-order valence-corrected chi connectivity index (χ1v) is 11.9. The molecule has 3 aromatic rings. The van der Waals surface area contributed by atoms with Crippen molar-refractivity contribution in [1.82, 2.24) is 25.5 Å². The van der Waals surface area contributed by atoms with Gasteiger partial charge in [-0.05, 0) is 61.2 Å². The second kappa shape index (κ2) is 12.1. The van der Waals surface area contributed by atoms with Crippen LogP contribution in [-0.2, 0) is 16.1 Å². The maximum Gasteiger partial charge on any atom is 0.251 e. The maximum atomic E-state index is 13.4. The fraction of sp³-hybridized carbons (Fsp3) is 0.423. The summed E-state index contributed by atoms with van der Waals surface area (Å²) in [5.74, 6) is 1.39. The molecule has 0 aliphatic carbocycles. The molecule has 10 heteroatoms. The number of tetrazole rings is 1. The van der Waals surface area contributed by atoms with Gasteiger partial charge in [0.25, 0.3) is 5.91 Å². The smallest absolute Gasteiger partial charge is 0.251 e.